The highest BCUT2D eigenvalue weighted by molar-refractivity contribution is 6.32. The van der Waals surface area contributed by atoms with Gasteiger partial charge in [0, 0.05) is 22.5 Å². The minimum Gasteiger partial charge on any atom is -0.507 e. The van der Waals surface area contributed by atoms with E-state index in [1.165, 1.54) is 11.6 Å². The second-order valence-electron chi connectivity index (χ2n) is 13.1. The molecular weight excluding hydrogens is 532 g/mol. The number of Topliss-reactive ketones (excluding diaryl/α,β-unsaturated/α-hetero) is 5. The number of carbonyl (C=O) groups excluding carboxylic acids is 5. The molecule has 2 saturated carbocycles. The fraction of sp³-hybridized carbons (Fsp3) is 0.457. The number of hydrogen-bond donors (Lipinski definition) is 2. The molecule has 3 aliphatic carbocycles. The number of carbonyl (C=O) groups is 5. The maximum absolute atomic E-state index is 14.3. The average molecular weight is 569 g/mol. The third kappa shape index (κ3) is 3.95. The molecule has 218 valence electrons. The topological polar surface area (TPSA) is 126 Å². The van der Waals surface area contributed by atoms with Gasteiger partial charge in [-0.25, -0.2) is 0 Å². The van der Waals surface area contributed by atoms with E-state index in [9.17, 15) is 34.2 Å². The molecule has 7 heteroatoms. The fourth-order valence-corrected chi connectivity index (χ4v) is 8.22. The number of phenols is 1. The molecule has 0 heterocycles. The quantitative estimate of drug-likeness (QED) is 0.423. The van der Waals surface area contributed by atoms with Crippen LogP contribution < -0.4 is 0 Å². The third-order valence-electron chi connectivity index (χ3n) is 9.97. The second kappa shape index (κ2) is 9.84. The van der Waals surface area contributed by atoms with E-state index in [0.29, 0.717) is 11.1 Å². The van der Waals surface area contributed by atoms with E-state index in [2.05, 4.69) is 18.8 Å². The Morgan fingerprint density at radius 3 is 2.21 bits per heavy atom. The van der Waals surface area contributed by atoms with Crippen molar-refractivity contribution in [1.29, 1.82) is 0 Å². The zero-order valence-corrected chi connectivity index (χ0v) is 24.8. The van der Waals surface area contributed by atoms with Crippen LogP contribution in [-0.2, 0) is 32.0 Å². The molecule has 5 rings (SSSR count). The molecule has 0 aliphatic heterocycles. The monoisotopic (exact) mass is 568 g/mol. The maximum atomic E-state index is 14.3. The zero-order chi connectivity index (χ0) is 30.9. The number of aliphatic hydroxyl groups is 1. The Hall–Kier alpha value is -3.89. The van der Waals surface area contributed by atoms with E-state index in [1.807, 2.05) is 24.3 Å². The van der Waals surface area contributed by atoms with Crippen molar-refractivity contribution in [3.8, 4) is 17.6 Å². The molecule has 0 radical (unpaired) electrons. The zero-order valence-electron chi connectivity index (χ0n) is 24.8. The highest BCUT2D eigenvalue weighted by Gasteiger charge is 2.76. The van der Waals surface area contributed by atoms with Gasteiger partial charge in [-0.2, -0.15) is 0 Å². The van der Waals surface area contributed by atoms with E-state index in [4.69, 9.17) is 0 Å². The molecule has 2 fully saturated rings. The minimum atomic E-state index is -2.71. The first-order valence-electron chi connectivity index (χ1n) is 14.5. The van der Waals surface area contributed by atoms with Crippen molar-refractivity contribution in [1.82, 2.24) is 0 Å². The van der Waals surface area contributed by atoms with E-state index < -0.39 is 69.0 Å². The number of rotatable bonds is 3. The van der Waals surface area contributed by atoms with Crippen LogP contribution in [0.25, 0.3) is 0 Å². The lowest BCUT2D eigenvalue weighted by Gasteiger charge is -2.61. The Bertz CT molecular complexity index is 1620. The van der Waals surface area contributed by atoms with Gasteiger partial charge in [-0.05, 0) is 72.9 Å². The average Bonchev–Trinajstić information content (AvgIpc) is 2.90. The van der Waals surface area contributed by atoms with Gasteiger partial charge in [0.1, 0.15) is 17.5 Å². The molecule has 0 bridgehead atoms. The summed E-state index contributed by atoms with van der Waals surface area (Å²) in [5, 5.41) is 22.9. The third-order valence-corrected chi connectivity index (χ3v) is 9.97. The van der Waals surface area contributed by atoms with Crippen LogP contribution in [-0.4, -0.2) is 44.7 Å². The van der Waals surface area contributed by atoms with Crippen molar-refractivity contribution >= 4 is 28.9 Å². The molecule has 2 aromatic rings. The van der Waals surface area contributed by atoms with Crippen LogP contribution in [0.15, 0.2) is 36.4 Å². The van der Waals surface area contributed by atoms with Crippen LogP contribution in [0, 0.1) is 46.3 Å². The smallest absolute Gasteiger partial charge is 0.190 e. The Balaban J connectivity index is 1.67. The second-order valence-corrected chi connectivity index (χ2v) is 13.1. The Morgan fingerprint density at radius 1 is 1.00 bits per heavy atom. The highest BCUT2D eigenvalue weighted by atomic mass is 16.3. The van der Waals surface area contributed by atoms with Crippen LogP contribution in [0.1, 0.15) is 80.6 Å². The fourth-order valence-electron chi connectivity index (χ4n) is 8.22. The molecule has 42 heavy (non-hydrogen) atoms. The predicted molar refractivity (Wildman–Crippen MR) is 155 cm³/mol. The van der Waals surface area contributed by atoms with Gasteiger partial charge in [-0.15, -0.1) is 0 Å². The lowest BCUT2D eigenvalue weighted by molar-refractivity contribution is -0.205. The summed E-state index contributed by atoms with van der Waals surface area (Å²) in [6.45, 7) is 10.0. The largest absolute Gasteiger partial charge is 0.507 e. The number of aryl methyl sites for hydroxylation is 1. The summed E-state index contributed by atoms with van der Waals surface area (Å²) in [6.07, 6.45) is 1.06. The molecule has 7 nitrogen and oxygen atoms in total. The number of phenolic OH excluding ortho intramolecular Hbond substituents is 1. The summed E-state index contributed by atoms with van der Waals surface area (Å²) < 4.78 is 0. The van der Waals surface area contributed by atoms with E-state index in [1.54, 1.807) is 33.8 Å². The summed E-state index contributed by atoms with van der Waals surface area (Å²) >= 11 is 0. The molecule has 3 aliphatic rings. The lowest BCUT2D eigenvalue weighted by atomic mass is 9.40. The van der Waals surface area contributed by atoms with Gasteiger partial charge in [-0.1, -0.05) is 58.6 Å². The van der Waals surface area contributed by atoms with E-state index in [-0.39, 0.29) is 24.2 Å². The first-order chi connectivity index (χ1) is 19.6. The first kappa shape index (κ1) is 29.6. The molecule has 0 amide bonds. The number of fused-ring (bicyclic) bond motifs is 3. The van der Waals surface area contributed by atoms with E-state index >= 15 is 0 Å². The molecule has 3 unspecified atom stereocenters. The summed E-state index contributed by atoms with van der Waals surface area (Å²) in [6, 6.07) is 10.8. The summed E-state index contributed by atoms with van der Waals surface area (Å²) in [7, 11) is 0. The number of aromatic hydroxyl groups is 1. The molecular formula is C35H36O7. The molecule has 0 saturated heterocycles. The van der Waals surface area contributed by atoms with Gasteiger partial charge in [0.25, 0.3) is 0 Å². The SMILES string of the molecule is CCc1ccc(C#Cc2ccc(O)c3c2C[C@]2(C)C[C@]4(C)C(C(C)C)C(=O)C(C(C)=O)C(=O)[C@]4(O)C(=O)C2C3=O)cc1. The van der Waals surface area contributed by atoms with Crippen molar-refractivity contribution < 1.29 is 34.2 Å². The molecule has 0 aromatic heterocycles. The molecule has 2 aromatic carbocycles. The van der Waals surface area contributed by atoms with Gasteiger partial charge in [0.05, 0.1) is 11.5 Å². The van der Waals surface area contributed by atoms with Gasteiger partial charge in [0.2, 0.25) is 0 Å². The minimum absolute atomic E-state index is 0.00401. The maximum Gasteiger partial charge on any atom is 0.190 e. The van der Waals surface area contributed by atoms with Gasteiger partial charge in [0.15, 0.2) is 28.7 Å². The molecule has 0 spiro atoms. The number of hydrogen-bond acceptors (Lipinski definition) is 7. The van der Waals surface area contributed by atoms with Crippen LogP contribution >= 0.6 is 0 Å². The Kier molecular flexibility index (Phi) is 6.94. The summed E-state index contributed by atoms with van der Waals surface area (Å²) in [5.41, 5.74) is -2.41. The predicted octanol–water partition coefficient (Wildman–Crippen LogP) is 4.06. The number of benzene rings is 2. The van der Waals surface area contributed by atoms with Crippen molar-refractivity contribution in [3.63, 3.8) is 0 Å². The number of ketones is 5. The summed E-state index contributed by atoms with van der Waals surface area (Å²) in [5.74, 6) is -2.81. The van der Waals surface area contributed by atoms with E-state index in [0.717, 1.165) is 18.9 Å². The van der Waals surface area contributed by atoms with Crippen LogP contribution in [0.5, 0.6) is 5.75 Å². The van der Waals surface area contributed by atoms with Crippen molar-refractivity contribution in [2.24, 2.45) is 34.5 Å². The van der Waals surface area contributed by atoms with Crippen LogP contribution in [0.2, 0.25) is 0 Å². The normalized spacial score (nSPS) is 32.0. The molecule has 2 N–H and O–H groups in total. The van der Waals surface area contributed by atoms with Crippen molar-refractivity contribution in [3.05, 3.63) is 64.2 Å². The highest BCUT2D eigenvalue weighted by Crippen LogP contribution is 2.63. The Labute approximate surface area is 245 Å². The standard InChI is InChI=1S/C35H36O7/c1-7-20-8-10-21(11-9-20)12-13-22-14-15-24(37)26-23(22)16-33(5)17-34(6)27(18(2)3)29(38)25(19(4)36)31(40)35(34,42)32(41)28(33)30(26)39/h8-11,14-15,18,25,27-28,37,42H,7,16-17H2,1-6H3/t25?,27?,28?,33-,34-,35+/m1/s1. The van der Waals surface area contributed by atoms with Crippen molar-refractivity contribution in [2.45, 2.75) is 66.4 Å². The van der Waals surface area contributed by atoms with Gasteiger partial charge in [-0.3, -0.25) is 24.0 Å². The van der Waals surface area contributed by atoms with Crippen molar-refractivity contribution in [2.75, 3.05) is 0 Å². The lowest BCUT2D eigenvalue weighted by Crippen LogP contribution is -2.76. The van der Waals surface area contributed by atoms with Crippen LogP contribution in [0.4, 0.5) is 0 Å². The van der Waals surface area contributed by atoms with Crippen LogP contribution in [0.3, 0.4) is 0 Å². The summed E-state index contributed by atoms with van der Waals surface area (Å²) in [4.78, 5) is 68.3. The van der Waals surface area contributed by atoms with Gasteiger partial charge >= 0.3 is 0 Å². The van der Waals surface area contributed by atoms with Gasteiger partial charge < -0.3 is 10.2 Å². The molecule has 6 atom stereocenters. The first-order valence-corrected chi connectivity index (χ1v) is 14.5. The Morgan fingerprint density at radius 2 is 1.64 bits per heavy atom.